The van der Waals surface area contributed by atoms with Gasteiger partial charge in [0.1, 0.15) is 23.9 Å². The van der Waals surface area contributed by atoms with Crippen molar-refractivity contribution < 1.29 is 28.7 Å². The van der Waals surface area contributed by atoms with Gasteiger partial charge in [0.2, 0.25) is 23.6 Å². The maximum Gasteiger partial charge on any atom is 0.270 e. The van der Waals surface area contributed by atoms with Crippen LogP contribution in [-0.4, -0.2) is 69.8 Å². The second kappa shape index (κ2) is 17.3. The molecule has 51 heavy (non-hydrogen) atoms. The first-order valence-corrected chi connectivity index (χ1v) is 17.0. The van der Waals surface area contributed by atoms with Crippen molar-refractivity contribution in [2.45, 2.75) is 76.4 Å². The Morgan fingerprint density at radius 3 is 2.33 bits per heavy atom. The van der Waals surface area contributed by atoms with E-state index in [1.807, 2.05) is 62.4 Å². The number of aromatic nitrogens is 2. The normalized spacial score (nSPS) is 17.3. The van der Waals surface area contributed by atoms with Gasteiger partial charge >= 0.3 is 0 Å². The molecule has 1 saturated heterocycles. The first kappa shape index (κ1) is 36.6. The molecule has 13 nitrogen and oxygen atoms in total. The van der Waals surface area contributed by atoms with Crippen LogP contribution in [-0.2, 0) is 36.9 Å². The van der Waals surface area contributed by atoms with E-state index in [2.05, 4.69) is 31.2 Å². The van der Waals surface area contributed by atoms with Crippen molar-refractivity contribution in [3.63, 3.8) is 0 Å². The molecule has 0 saturated carbocycles. The molecular formula is C38H43N7O6. The highest BCUT2D eigenvalue weighted by molar-refractivity contribution is 5.99. The van der Waals surface area contributed by atoms with Crippen molar-refractivity contribution >= 4 is 40.4 Å². The zero-order valence-corrected chi connectivity index (χ0v) is 28.6. The Kier molecular flexibility index (Phi) is 12.4. The molecule has 6 atom stereocenters. The molecule has 0 radical (unpaired) electrons. The van der Waals surface area contributed by atoms with Gasteiger partial charge in [0, 0.05) is 11.6 Å². The average molecular weight is 694 g/mol. The summed E-state index contributed by atoms with van der Waals surface area (Å²) in [5.74, 6) is -2.87. The van der Waals surface area contributed by atoms with Crippen LogP contribution in [0.15, 0.2) is 91.1 Å². The molecular weight excluding hydrogens is 650 g/mol. The fourth-order valence-corrected chi connectivity index (χ4v) is 5.82. The van der Waals surface area contributed by atoms with E-state index in [1.54, 1.807) is 42.6 Å². The molecule has 1 aliphatic heterocycles. The molecule has 4 aromatic rings. The van der Waals surface area contributed by atoms with Gasteiger partial charge < -0.3 is 31.7 Å². The third-order valence-corrected chi connectivity index (χ3v) is 8.87. The molecule has 6 N–H and O–H groups in total. The molecule has 0 aliphatic carbocycles. The van der Waals surface area contributed by atoms with Crippen LogP contribution in [0.1, 0.15) is 54.9 Å². The molecule has 266 valence electrons. The third kappa shape index (κ3) is 10.4. The Hall–Kier alpha value is -5.69. The number of nitrogens with zero attached hydrogens (tertiary/aromatic N) is 2. The van der Waals surface area contributed by atoms with Crippen LogP contribution in [0.2, 0.25) is 0 Å². The Morgan fingerprint density at radius 1 is 0.863 bits per heavy atom. The maximum atomic E-state index is 13.7. The number of carbonyl (C=O) groups excluding carboxylic acids is 5. The number of primary amides is 1. The van der Waals surface area contributed by atoms with Gasteiger partial charge in [-0.3, -0.25) is 29.0 Å². The number of pyridine rings is 2. The molecule has 0 bridgehead atoms. The van der Waals surface area contributed by atoms with Gasteiger partial charge in [-0.2, -0.15) is 0 Å². The topological polar surface area (TPSA) is 198 Å². The second-order valence-electron chi connectivity index (χ2n) is 12.7. The van der Waals surface area contributed by atoms with E-state index < -0.39 is 54.5 Å². The number of ether oxygens (including phenoxy) is 1. The predicted octanol–water partition coefficient (Wildman–Crippen LogP) is 2.34. The van der Waals surface area contributed by atoms with Crippen molar-refractivity contribution in [1.82, 2.24) is 31.2 Å². The van der Waals surface area contributed by atoms with Crippen molar-refractivity contribution in [3.05, 3.63) is 108 Å². The summed E-state index contributed by atoms with van der Waals surface area (Å²) in [6, 6.07) is 22.7. The van der Waals surface area contributed by atoms with Gasteiger partial charge in [-0.15, -0.1) is 0 Å². The summed E-state index contributed by atoms with van der Waals surface area (Å²) in [7, 11) is 0. The predicted molar refractivity (Wildman–Crippen MR) is 190 cm³/mol. The lowest BCUT2D eigenvalue weighted by Gasteiger charge is -2.24. The number of hydrogen-bond acceptors (Lipinski definition) is 8. The van der Waals surface area contributed by atoms with Gasteiger partial charge in [-0.1, -0.05) is 80.9 Å². The Morgan fingerprint density at radius 2 is 1.61 bits per heavy atom. The fraction of sp³-hybridized carbons (Fsp3) is 0.342. The number of rotatable bonds is 17. The van der Waals surface area contributed by atoms with Crippen molar-refractivity contribution in [3.8, 4) is 0 Å². The van der Waals surface area contributed by atoms with E-state index in [1.165, 1.54) is 0 Å². The van der Waals surface area contributed by atoms with Gasteiger partial charge in [0.05, 0.1) is 42.7 Å². The van der Waals surface area contributed by atoms with Crippen LogP contribution in [0, 0.1) is 5.92 Å². The van der Waals surface area contributed by atoms with Crippen LogP contribution < -0.4 is 27.0 Å². The standard InChI is InChI=1S/C38H43N7O6/c1-3-23(2)34(38(50)41-22-26-14-9-10-18-40-26)45-33(47)21-31-35(51-31)29(19-24-11-5-4-6-12-24)43-37(49)30(20-32(39)46)44-36(48)28-17-16-25-13-7-8-15-27(25)42-28/h4-18,23,29-31,34-35H,3,19-22H2,1-2H3,(H2,39,46)(H,41,50)(H,43,49)(H,44,48)(H,45,47)/t23-,29?,30+,31?,34-,35?/m0/s1. The van der Waals surface area contributed by atoms with Gasteiger partial charge in [-0.25, -0.2) is 4.98 Å². The van der Waals surface area contributed by atoms with Gasteiger partial charge in [-0.05, 0) is 42.2 Å². The Bertz CT molecular complexity index is 1840. The fourth-order valence-electron chi connectivity index (χ4n) is 5.82. The van der Waals surface area contributed by atoms with Crippen LogP contribution in [0.3, 0.4) is 0 Å². The number of nitrogens with two attached hydrogens (primary N) is 1. The molecule has 1 fully saturated rings. The number of fused-ring (bicyclic) bond motifs is 1. The lowest BCUT2D eigenvalue weighted by atomic mass is 9.97. The summed E-state index contributed by atoms with van der Waals surface area (Å²) in [4.78, 5) is 73.8. The van der Waals surface area contributed by atoms with Crippen molar-refractivity contribution in [2.75, 3.05) is 0 Å². The molecule has 1 aliphatic rings. The van der Waals surface area contributed by atoms with Gasteiger partial charge in [0.25, 0.3) is 5.91 Å². The SMILES string of the molecule is CC[C@H](C)[C@H](NC(=O)CC1OC1C(Cc1ccccc1)NC(=O)[C@@H](CC(N)=O)NC(=O)c1ccc2ccccc2n1)C(=O)NCc1ccccn1. The molecule has 2 aromatic carbocycles. The van der Waals surface area contributed by atoms with E-state index in [4.69, 9.17) is 10.5 Å². The zero-order valence-electron chi connectivity index (χ0n) is 28.6. The summed E-state index contributed by atoms with van der Waals surface area (Å²) in [6.45, 7) is 4.07. The Labute approximate surface area is 296 Å². The van der Waals surface area contributed by atoms with Crippen molar-refractivity contribution in [1.29, 1.82) is 0 Å². The zero-order chi connectivity index (χ0) is 36.3. The van der Waals surface area contributed by atoms with Crippen LogP contribution in [0.25, 0.3) is 10.9 Å². The maximum absolute atomic E-state index is 13.7. The van der Waals surface area contributed by atoms with E-state index >= 15 is 0 Å². The molecule has 0 spiro atoms. The monoisotopic (exact) mass is 693 g/mol. The molecule has 3 heterocycles. The minimum absolute atomic E-state index is 0.0403. The second-order valence-corrected chi connectivity index (χ2v) is 12.7. The minimum atomic E-state index is -1.29. The summed E-state index contributed by atoms with van der Waals surface area (Å²) in [6.07, 6.45) is 1.08. The van der Waals surface area contributed by atoms with E-state index in [0.717, 1.165) is 10.9 Å². The minimum Gasteiger partial charge on any atom is -0.370 e. The number of benzene rings is 2. The number of hydrogen-bond donors (Lipinski definition) is 5. The van der Waals surface area contributed by atoms with E-state index in [-0.39, 0.29) is 36.4 Å². The molecule has 5 amide bonds. The summed E-state index contributed by atoms with van der Waals surface area (Å²) >= 11 is 0. The molecule has 3 unspecified atom stereocenters. The number of carbonyl (C=O) groups is 5. The lowest BCUT2D eigenvalue weighted by Crippen LogP contribution is -2.53. The number of epoxide rings is 1. The largest absolute Gasteiger partial charge is 0.370 e. The highest BCUT2D eigenvalue weighted by atomic mass is 16.6. The summed E-state index contributed by atoms with van der Waals surface area (Å²) in [5.41, 5.74) is 7.76. The smallest absolute Gasteiger partial charge is 0.270 e. The molecule has 13 heteroatoms. The third-order valence-electron chi connectivity index (χ3n) is 8.87. The first-order chi connectivity index (χ1) is 24.6. The highest BCUT2D eigenvalue weighted by Crippen LogP contribution is 2.30. The number of nitrogens with one attached hydrogen (secondary N) is 4. The van der Waals surface area contributed by atoms with E-state index in [9.17, 15) is 24.0 Å². The number of amides is 5. The molecule has 2 aromatic heterocycles. The number of para-hydroxylation sites is 1. The Balaban J connectivity index is 1.24. The van der Waals surface area contributed by atoms with Gasteiger partial charge in [0.15, 0.2) is 0 Å². The first-order valence-electron chi connectivity index (χ1n) is 17.0. The van der Waals surface area contributed by atoms with Crippen LogP contribution in [0.5, 0.6) is 0 Å². The van der Waals surface area contributed by atoms with Crippen LogP contribution in [0.4, 0.5) is 0 Å². The molecule has 5 rings (SSSR count). The lowest BCUT2D eigenvalue weighted by molar-refractivity contribution is -0.130. The van der Waals surface area contributed by atoms with E-state index in [0.29, 0.717) is 24.1 Å². The highest BCUT2D eigenvalue weighted by Gasteiger charge is 2.47. The average Bonchev–Trinajstić information content (AvgIpc) is 3.91. The van der Waals surface area contributed by atoms with Crippen LogP contribution >= 0.6 is 0 Å². The quantitative estimate of drug-likeness (QED) is 0.104. The summed E-state index contributed by atoms with van der Waals surface area (Å²) in [5, 5.41) is 12.1. The summed E-state index contributed by atoms with van der Waals surface area (Å²) < 4.78 is 5.94. The van der Waals surface area contributed by atoms with Crippen molar-refractivity contribution in [2.24, 2.45) is 11.7 Å².